The van der Waals surface area contributed by atoms with Gasteiger partial charge in [0, 0.05) is 0 Å². The summed E-state index contributed by atoms with van der Waals surface area (Å²) in [5, 5.41) is 0. The number of hydrogen-bond donors (Lipinski definition) is 0. The van der Waals surface area contributed by atoms with Gasteiger partial charge in [0.05, 0.1) is 0 Å². The highest BCUT2D eigenvalue weighted by Gasteiger charge is 1.83. The summed E-state index contributed by atoms with van der Waals surface area (Å²) in [6.07, 6.45) is 21.5. The summed E-state index contributed by atoms with van der Waals surface area (Å²) in [7, 11) is 0. The highest BCUT2D eigenvalue weighted by atomic mass is 13.9. The monoisotopic (exact) mass is 161 g/mol. The van der Waals surface area contributed by atoms with Crippen LogP contribution >= 0.6 is 0 Å². The maximum Gasteiger partial charge on any atom is -0.0169 e. The molecule has 0 aromatic rings. The van der Waals surface area contributed by atoms with Crippen molar-refractivity contribution in [2.45, 2.75) is 32.1 Å². The van der Waals surface area contributed by atoms with E-state index < -0.39 is 0 Å². The predicted octanol–water partition coefficient (Wildman–Crippen LogP) is 3.82. The second-order valence-electron chi connectivity index (χ2n) is 2.99. The smallest absolute Gasteiger partial charge is 0.0169 e. The summed E-state index contributed by atoms with van der Waals surface area (Å²) >= 11 is 0. The first-order valence-corrected chi connectivity index (χ1v) is 4.77. The molecule has 0 heterocycles. The summed E-state index contributed by atoms with van der Waals surface area (Å²) in [6.45, 7) is 0. The Kier molecular flexibility index (Phi) is 5.35. The van der Waals surface area contributed by atoms with E-state index in [0.29, 0.717) is 0 Å². The maximum absolute atomic E-state index is 2.30. The highest BCUT2D eigenvalue weighted by Crippen LogP contribution is 2.02. The molecule has 0 saturated heterocycles. The molecule has 0 aromatic heterocycles. The van der Waals surface area contributed by atoms with E-state index in [1.165, 1.54) is 12.8 Å². The lowest BCUT2D eigenvalue weighted by Gasteiger charge is -1.92. The zero-order valence-corrected chi connectivity index (χ0v) is 7.58. The van der Waals surface area contributed by atoms with Gasteiger partial charge in [-0.05, 0) is 38.5 Å². The van der Waals surface area contributed by atoms with Gasteiger partial charge in [-0.3, -0.25) is 0 Å². The molecular weight excluding hydrogens is 144 g/mol. The lowest BCUT2D eigenvalue weighted by Crippen LogP contribution is -1.73. The van der Waals surface area contributed by atoms with Gasteiger partial charge in [0.15, 0.2) is 0 Å². The Balaban J connectivity index is 2.30. The number of rotatable bonds is 0. The van der Waals surface area contributed by atoms with Gasteiger partial charge in [0.25, 0.3) is 0 Å². The van der Waals surface area contributed by atoms with E-state index >= 15 is 0 Å². The van der Waals surface area contributed by atoms with E-state index in [9.17, 15) is 0 Å². The van der Waals surface area contributed by atoms with Crippen molar-refractivity contribution in [3.8, 4) is 0 Å². The van der Waals surface area contributed by atoms with Crippen LogP contribution in [0.25, 0.3) is 0 Å². The van der Waals surface area contributed by atoms with E-state index in [1.54, 1.807) is 0 Å². The molecule has 0 fully saturated rings. The minimum Gasteiger partial charge on any atom is -0.0882 e. The van der Waals surface area contributed by atoms with Gasteiger partial charge in [-0.1, -0.05) is 36.5 Å². The van der Waals surface area contributed by atoms with Crippen molar-refractivity contribution < 1.29 is 0 Å². The van der Waals surface area contributed by atoms with Crippen LogP contribution in [0, 0.1) is 6.42 Å². The molecule has 0 bridgehead atoms. The Morgan fingerprint density at radius 2 is 1.00 bits per heavy atom. The largest absolute Gasteiger partial charge is 0.0882 e. The van der Waals surface area contributed by atoms with Crippen molar-refractivity contribution in [3.63, 3.8) is 0 Å². The first-order valence-electron chi connectivity index (χ1n) is 4.77. The van der Waals surface area contributed by atoms with E-state index in [0.717, 1.165) is 19.3 Å². The third-order valence-corrected chi connectivity index (χ3v) is 1.88. The van der Waals surface area contributed by atoms with Gasteiger partial charge < -0.3 is 0 Å². The molecular formula is C12H17. The molecule has 0 atom stereocenters. The van der Waals surface area contributed by atoms with E-state index in [4.69, 9.17) is 0 Å². The van der Waals surface area contributed by atoms with Gasteiger partial charge >= 0.3 is 0 Å². The van der Waals surface area contributed by atoms with Crippen LogP contribution in [0.4, 0.5) is 0 Å². The van der Waals surface area contributed by atoms with E-state index in [1.807, 2.05) is 0 Å². The highest BCUT2D eigenvalue weighted by molar-refractivity contribution is 4.98. The van der Waals surface area contributed by atoms with Crippen LogP contribution in [0.3, 0.4) is 0 Å². The van der Waals surface area contributed by atoms with Crippen LogP contribution < -0.4 is 0 Å². The van der Waals surface area contributed by atoms with Crippen molar-refractivity contribution in [2.24, 2.45) is 0 Å². The zero-order chi connectivity index (χ0) is 8.49. The standard InChI is InChI=1S/C12H17/c1-2-4-6-8-10-12-11-9-7-5-3-1/h1-2,5-7,10,12H,3-4,8-9,11H2/b2-1+,7-5+,12-10+. The summed E-state index contributed by atoms with van der Waals surface area (Å²) in [6, 6.07) is 0. The normalized spacial score (nSPS) is 28.0. The molecule has 0 aromatic carbocycles. The molecule has 0 unspecified atom stereocenters. The average molecular weight is 161 g/mol. The molecule has 0 N–H and O–H groups in total. The Morgan fingerprint density at radius 3 is 1.75 bits per heavy atom. The summed E-state index contributed by atoms with van der Waals surface area (Å²) < 4.78 is 0. The van der Waals surface area contributed by atoms with Crippen LogP contribution in [0.5, 0.6) is 0 Å². The van der Waals surface area contributed by atoms with Crippen LogP contribution in [0.15, 0.2) is 36.5 Å². The van der Waals surface area contributed by atoms with E-state index in [-0.39, 0.29) is 0 Å². The van der Waals surface area contributed by atoms with Crippen molar-refractivity contribution >= 4 is 0 Å². The SMILES string of the molecule is [CH]1C/C=C/C/C=C/CC/C=C/C1. The average Bonchev–Trinajstić information content (AvgIpc) is 2.05. The van der Waals surface area contributed by atoms with Gasteiger partial charge in [0.1, 0.15) is 0 Å². The molecule has 1 aliphatic rings. The fraction of sp³-hybridized carbons (Fsp3) is 0.417. The molecule has 0 heteroatoms. The second-order valence-corrected chi connectivity index (χ2v) is 2.99. The van der Waals surface area contributed by atoms with Crippen molar-refractivity contribution in [1.82, 2.24) is 0 Å². The van der Waals surface area contributed by atoms with Crippen LogP contribution in [-0.4, -0.2) is 0 Å². The lowest BCUT2D eigenvalue weighted by molar-refractivity contribution is 1.02. The molecule has 0 amide bonds. The minimum absolute atomic E-state index is 1.09. The Morgan fingerprint density at radius 1 is 0.500 bits per heavy atom. The van der Waals surface area contributed by atoms with Crippen molar-refractivity contribution in [2.75, 3.05) is 0 Å². The van der Waals surface area contributed by atoms with E-state index in [2.05, 4.69) is 42.9 Å². The molecule has 1 rings (SSSR count). The Labute approximate surface area is 75.7 Å². The first kappa shape index (κ1) is 9.31. The molecule has 0 nitrogen and oxygen atoms in total. The molecule has 0 saturated carbocycles. The van der Waals surface area contributed by atoms with Crippen molar-refractivity contribution in [3.05, 3.63) is 42.9 Å². The fourth-order valence-corrected chi connectivity index (χ4v) is 1.18. The second kappa shape index (κ2) is 6.90. The number of allylic oxidation sites excluding steroid dienone is 6. The number of hydrogen-bond acceptors (Lipinski definition) is 0. The third-order valence-electron chi connectivity index (χ3n) is 1.88. The van der Waals surface area contributed by atoms with Gasteiger partial charge in [-0.2, -0.15) is 0 Å². The molecule has 1 aliphatic carbocycles. The molecule has 0 spiro atoms. The topological polar surface area (TPSA) is 0 Å². The Hall–Kier alpha value is -0.780. The molecule has 1 radical (unpaired) electrons. The van der Waals surface area contributed by atoms with Gasteiger partial charge in [0.2, 0.25) is 0 Å². The van der Waals surface area contributed by atoms with Crippen molar-refractivity contribution in [1.29, 1.82) is 0 Å². The summed E-state index contributed by atoms with van der Waals surface area (Å²) in [5.41, 5.74) is 0. The lowest BCUT2D eigenvalue weighted by atomic mass is 10.1. The molecule has 12 heavy (non-hydrogen) atoms. The van der Waals surface area contributed by atoms with Crippen LogP contribution in [0.2, 0.25) is 0 Å². The zero-order valence-electron chi connectivity index (χ0n) is 7.58. The predicted molar refractivity (Wildman–Crippen MR) is 54.8 cm³/mol. The van der Waals surface area contributed by atoms with Crippen LogP contribution in [-0.2, 0) is 0 Å². The van der Waals surface area contributed by atoms with Gasteiger partial charge in [-0.15, -0.1) is 0 Å². The van der Waals surface area contributed by atoms with Gasteiger partial charge in [-0.25, -0.2) is 0 Å². The summed E-state index contributed by atoms with van der Waals surface area (Å²) in [4.78, 5) is 0. The fourth-order valence-electron chi connectivity index (χ4n) is 1.18. The minimum atomic E-state index is 1.09. The quantitative estimate of drug-likeness (QED) is 0.474. The van der Waals surface area contributed by atoms with Crippen LogP contribution in [0.1, 0.15) is 32.1 Å². The molecule has 0 aliphatic heterocycles. The summed E-state index contributed by atoms with van der Waals surface area (Å²) in [5.74, 6) is 0. The Bertz CT molecular complexity index is 172. The molecule has 65 valence electrons. The maximum atomic E-state index is 2.30. The first-order chi connectivity index (χ1) is 6.00. The third kappa shape index (κ3) is 4.95.